The van der Waals surface area contributed by atoms with Gasteiger partial charge in [0, 0.05) is 0 Å². The lowest BCUT2D eigenvalue weighted by molar-refractivity contribution is -0.119. The van der Waals surface area contributed by atoms with E-state index in [1.54, 1.807) is 48.5 Å². The van der Waals surface area contributed by atoms with Gasteiger partial charge in [0.15, 0.2) is 0 Å². The molecule has 1 amide bonds. The van der Waals surface area contributed by atoms with Gasteiger partial charge in [0.2, 0.25) is 0 Å². The lowest BCUT2D eigenvalue weighted by Crippen LogP contribution is -2.39. The Kier molecular flexibility index (Phi) is 8.88. The van der Waals surface area contributed by atoms with Crippen molar-refractivity contribution in [3.05, 3.63) is 96.0 Å². The molecule has 0 unspecified atom stereocenters. The largest absolute Gasteiger partial charge is 0.495 e. The van der Waals surface area contributed by atoms with Gasteiger partial charge in [-0.2, -0.15) is 5.10 Å². The zero-order chi connectivity index (χ0) is 25.3. The fourth-order valence-electron chi connectivity index (χ4n) is 3.00. The molecule has 0 bridgehead atoms. The van der Waals surface area contributed by atoms with Gasteiger partial charge in [0.05, 0.1) is 28.9 Å². The SMILES string of the molecule is C=CCOc1ccc(/C=N\NC(=O)CN(c2ccc(OC)c(Cl)c2)S(=O)(=O)c2ccccc2)cc1. The highest BCUT2D eigenvalue weighted by atomic mass is 35.5. The zero-order valence-electron chi connectivity index (χ0n) is 18.9. The highest BCUT2D eigenvalue weighted by Gasteiger charge is 2.27. The summed E-state index contributed by atoms with van der Waals surface area (Å²) in [6.07, 6.45) is 3.08. The minimum atomic E-state index is -4.07. The number of halogens is 1. The summed E-state index contributed by atoms with van der Waals surface area (Å²) in [5.41, 5.74) is 3.28. The number of hydrazone groups is 1. The van der Waals surface area contributed by atoms with E-state index in [-0.39, 0.29) is 15.6 Å². The Morgan fingerprint density at radius 3 is 2.46 bits per heavy atom. The van der Waals surface area contributed by atoms with Crippen LogP contribution in [0.5, 0.6) is 11.5 Å². The normalized spacial score (nSPS) is 11.1. The number of methoxy groups -OCH3 is 1. The van der Waals surface area contributed by atoms with E-state index in [9.17, 15) is 13.2 Å². The predicted octanol–water partition coefficient (Wildman–Crippen LogP) is 4.26. The molecule has 35 heavy (non-hydrogen) atoms. The molecule has 0 aliphatic rings. The fraction of sp³-hybridized carbons (Fsp3) is 0.120. The number of sulfonamides is 1. The maximum absolute atomic E-state index is 13.4. The number of nitrogens with zero attached hydrogens (tertiary/aromatic N) is 2. The predicted molar refractivity (Wildman–Crippen MR) is 137 cm³/mol. The van der Waals surface area contributed by atoms with Gasteiger partial charge in [-0.25, -0.2) is 13.8 Å². The van der Waals surface area contributed by atoms with Gasteiger partial charge in [-0.15, -0.1) is 0 Å². The number of hydrogen-bond acceptors (Lipinski definition) is 6. The van der Waals surface area contributed by atoms with E-state index >= 15 is 0 Å². The summed E-state index contributed by atoms with van der Waals surface area (Å²) in [6, 6.07) is 19.3. The van der Waals surface area contributed by atoms with Crippen LogP contribution in [0.1, 0.15) is 5.56 Å². The Morgan fingerprint density at radius 2 is 1.83 bits per heavy atom. The third-order valence-corrected chi connectivity index (χ3v) is 6.78. The molecule has 10 heteroatoms. The summed E-state index contributed by atoms with van der Waals surface area (Å²) in [6.45, 7) is 3.47. The maximum atomic E-state index is 13.4. The van der Waals surface area contributed by atoms with Crippen LogP contribution >= 0.6 is 11.6 Å². The molecule has 0 fully saturated rings. The van der Waals surface area contributed by atoms with E-state index in [2.05, 4.69) is 17.1 Å². The summed E-state index contributed by atoms with van der Waals surface area (Å²) in [7, 11) is -2.62. The second-order valence-corrected chi connectivity index (χ2v) is 9.37. The molecular formula is C25H24ClN3O5S. The van der Waals surface area contributed by atoms with Crippen LogP contribution in [0.15, 0.2) is 95.4 Å². The van der Waals surface area contributed by atoms with Gasteiger partial charge >= 0.3 is 0 Å². The van der Waals surface area contributed by atoms with Crippen LogP contribution in [0, 0.1) is 0 Å². The number of amides is 1. The van der Waals surface area contributed by atoms with Crippen LogP contribution in [0.2, 0.25) is 5.02 Å². The Labute approximate surface area is 209 Å². The molecule has 0 atom stereocenters. The first-order valence-electron chi connectivity index (χ1n) is 10.4. The monoisotopic (exact) mass is 513 g/mol. The Morgan fingerprint density at radius 1 is 1.11 bits per heavy atom. The van der Waals surface area contributed by atoms with Crippen molar-refractivity contribution in [2.24, 2.45) is 5.10 Å². The van der Waals surface area contributed by atoms with E-state index in [0.29, 0.717) is 23.7 Å². The van der Waals surface area contributed by atoms with Gasteiger partial charge in [-0.1, -0.05) is 42.5 Å². The number of ether oxygens (including phenoxy) is 2. The van der Waals surface area contributed by atoms with Crippen molar-refractivity contribution in [1.82, 2.24) is 5.43 Å². The van der Waals surface area contributed by atoms with E-state index in [1.807, 2.05) is 0 Å². The van der Waals surface area contributed by atoms with Crippen molar-refractivity contribution < 1.29 is 22.7 Å². The molecule has 182 valence electrons. The average molecular weight is 514 g/mol. The molecule has 0 aliphatic carbocycles. The number of anilines is 1. The van der Waals surface area contributed by atoms with Crippen LogP contribution < -0.4 is 19.2 Å². The molecule has 0 saturated carbocycles. The molecule has 0 spiro atoms. The summed E-state index contributed by atoms with van der Waals surface area (Å²) >= 11 is 6.21. The maximum Gasteiger partial charge on any atom is 0.264 e. The van der Waals surface area contributed by atoms with E-state index in [0.717, 1.165) is 4.31 Å². The second-order valence-electron chi connectivity index (χ2n) is 7.11. The fourth-order valence-corrected chi connectivity index (χ4v) is 4.68. The standard InChI is InChI=1S/C25H24ClN3O5S/c1-3-15-34-21-12-9-19(10-13-21)17-27-28-25(30)18-29(20-11-14-24(33-2)23(26)16-20)35(31,32)22-7-5-4-6-8-22/h3-14,16-17H,1,15,18H2,2H3,(H,28,30)/b27-17-. The molecule has 0 saturated heterocycles. The van der Waals surface area contributed by atoms with Crippen molar-refractivity contribution in [2.75, 3.05) is 24.6 Å². The molecular weight excluding hydrogens is 490 g/mol. The number of benzene rings is 3. The molecule has 3 rings (SSSR count). The van der Waals surface area contributed by atoms with Gasteiger partial charge in [0.25, 0.3) is 15.9 Å². The summed E-state index contributed by atoms with van der Waals surface area (Å²) < 4.78 is 38.2. The highest BCUT2D eigenvalue weighted by Crippen LogP contribution is 2.31. The van der Waals surface area contributed by atoms with Crippen LogP contribution in [-0.2, 0) is 14.8 Å². The summed E-state index contributed by atoms with van der Waals surface area (Å²) in [5, 5.41) is 4.14. The topological polar surface area (TPSA) is 97.3 Å². The third-order valence-electron chi connectivity index (χ3n) is 4.69. The molecule has 0 aromatic heterocycles. The minimum absolute atomic E-state index is 0.0296. The lowest BCUT2D eigenvalue weighted by Gasteiger charge is -2.24. The van der Waals surface area contributed by atoms with Crippen LogP contribution in [0.3, 0.4) is 0 Å². The van der Waals surface area contributed by atoms with Gasteiger partial charge < -0.3 is 9.47 Å². The first-order chi connectivity index (χ1) is 16.8. The Hall–Kier alpha value is -3.82. The van der Waals surface area contributed by atoms with Crippen molar-refractivity contribution in [1.29, 1.82) is 0 Å². The van der Waals surface area contributed by atoms with Gasteiger partial charge in [-0.3, -0.25) is 9.10 Å². The Bertz CT molecular complexity index is 1300. The quantitative estimate of drug-likeness (QED) is 0.235. The first kappa shape index (κ1) is 25.8. The number of rotatable bonds is 11. The first-order valence-corrected chi connectivity index (χ1v) is 12.2. The molecule has 0 aliphatic heterocycles. The molecule has 1 N–H and O–H groups in total. The Balaban J connectivity index is 1.78. The second kappa shape index (κ2) is 12.0. The smallest absolute Gasteiger partial charge is 0.264 e. The van der Waals surface area contributed by atoms with E-state index in [4.69, 9.17) is 21.1 Å². The number of carbonyl (C=O) groups is 1. The van der Waals surface area contributed by atoms with Crippen molar-refractivity contribution in [2.45, 2.75) is 4.90 Å². The highest BCUT2D eigenvalue weighted by molar-refractivity contribution is 7.92. The number of carbonyl (C=O) groups excluding carboxylic acids is 1. The van der Waals surface area contributed by atoms with E-state index in [1.165, 1.54) is 43.7 Å². The molecule has 0 heterocycles. The summed E-state index contributed by atoms with van der Waals surface area (Å²) in [5.74, 6) is 0.409. The van der Waals surface area contributed by atoms with E-state index < -0.39 is 22.5 Å². The zero-order valence-corrected chi connectivity index (χ0v) is 20.5. The molecule has 8 nitrogen and oxygen atoms in total. The van der Waals surface area contributed by atoms with Crippen molar-refractivity contribution in [3.8, 4) is 11.5 Å². The minimum Gasteiger partial charge on any atom is -0.495 e. The third kappa shape index (κ3) is 6.84. The van der Waals surface area contributed by atoms with Crippen LogP contribution in [0.4, 0.5) is 5.69 Å². The number of nitrogens with one attached hydrogen (secondary N) is 1. The summed E-state index contributed by atoms with van der Waals surface area (Å²) in [4.78, 5) is 12.7. The molecule has 3 aromatic rings. The van der Waals surface area contributed by atoms with Crippen molar-refractivity contribution >= 4 is 39.4 Å². The number of hydrogen-bond donors (Lipinski definition) is 1. The molecule has 0 radical (unpaired) electrons. The molecule has 3 aromatic carbocycles. The van der Waals surface area contributed by atoms with Crippen LogP contribution in [-0.4, -0.2) is 40.8 Å². The average Bonchev–Trinajstić information content (AvgIpc) is 2.87. The van der Waals surface area contributed by atoms with Crippen molar-refractivity contribution in [3.63, 3.8) is 0 Å². The van der Waals surface area contributed by atoms with Gasteiger partial charge in [-0.05, 0) is 60.2 Å². The van der Waals surface area contributed by atoms with Crippen LogP contribution in [0.25, 0.3) is 0 Å². The van der Waals surface area contributed by atoms with Gasteiger partial charge in [0.1, 0.15) is 24.7 Å². The lowest BCUT2D eigenvalue weighted by atomic mass is 10.2.